The summed E-state index contributed by atoms with van der Waals surface area (Å²) >= 11 is 5.71. The Bertz CT molecular complexity index is 390. The number of ether oxygens (including phenoxy) is 1. The van der Waals surface area contributed by atoms with E-state index in [4.69, 9.17) is 16.3 Å². The zero-order chi connectivity index (χ0) is 11.0. The Morgan fingerprint density at radius 2 is 2.20 bits per heavy atom. The molecule has 0 unspecified atom stereocenters. The summed E-state index contributed by atoms with van der Waals surface area (Å²) in [5.74, 6) is -0.437. The molecule has 0 radical (unpaired) electrons. The third-order valence-corrected chi connectivity index (χ3v) is 2.47. The Labute approximate surface area is 91.2 Å². The Morgan fingerprint density at radius 1 is 1.47 bits per heavy atom. The van der Waals surface area contributed by atoms with Gasteiger partial charge in [0.1, 0.15) is 11.9 Å². The van der Waals surface area contributed by atoms with Crippen LogP contribution in [-0.4, -0.2) is 12.1 Å². The van der Waals surface area contributed by atoms with Crippen LogP contribution in [0, 0.1) is 5.82 Å². The van der Waals surface area contributed by atoms with Gasteiger partial charge in [-0.15, -0.1) is 0 Å². The molecule has 0 spiro atoms. The average molecular weight is 230 g/mol. The van der Waals surface area contributed by atoms with E-state index in [9.17, 15) is 9.18 Å². The molecule has 1 fully saturated rings. The molecule has 1 N–H and O–H groups in total. The van der Waals surface area contributed by atoms with Crippen LogP contribution >= 0.6 is 11.6 Å². The molecule has 15 heavy (non-hydrogen) atoms. The highest BCUT2D eigenvalue weighted by atomic mass is 35.5. The van der Waals surface area contributed by atoms with E-state index in [1.54, 1.807) is 13.0 Å². The highest BCUT2D eigenvalue weighted by molar-refractivity contribution is 6.30. The number of amides is 1. The first-order chi connectivity index (χ1) is 7.06. The summed E-state index contributed by atoms with van der Waals surface area (Å²) in [5.41, 5.74) is 0.561. The molecule has 1 amide bonds. The van der Waals surface area contributed by atoms with Gasteiger partial charge in [0.15, 0.2) is 0 Å². The second-order valence-electron chi connectivity index (χ2n) is 3.46. The molecule has 1 heterocycles. The summed E-state index contributed by atoms with van der Waals surface area (Å²) < 4.78 is 18.1. The number of carbonyl (C=O) groups excluding carboxylic acids is 1. The fourth-order valence-corrected chi connectivity index (χ4v) is 1.84. The van der Waals surface area contributed by atoms with Crippen molar-refractivity contribution in [1.82, 2.24) is 5.32 Å². The summed E-state index contributed by atoms with van der Waals surface area (Å²) in [6.45, 7) is 1.79. The minimum Gasteiger partial charge on any atom is -0.439 e. The van der Waals surface area contributed by atoms with Crippen molar-refractivity contribution in [3.63, 3.8) is 0 Å². The van der Waals surface area contributed by atoms with Crippen LogP contribution in [-0.2, 0) is 4.74 Å². The van der Waals surface area contributed by atoms with Gasteiger partial charge >= 0.3 is 6.09 Å². The lowest BCUT2D eigenvalue weighted by atomic mass is 10.0. The Morgan fingerprint density at radius 3 is 2.73 bits per heavy atom. The van der Waals surface area contributed by atoms with Gasteiger partial charge in [-0.1, -0.05) is 11.6 Å². The van der Waals surface area contributed by atoms with Crippen molar-refractivity contribution in [1.29, 1.82) is 0 Å². The van der Waals surface area contributed by atoms with Gasteiger partial charge in [-0.05, 0) is 30.7 Å². The lowest BCUT2D eigenvalue weighted by molar-refractivity contribution is 0.133. The number of hydrogen-bond acceptors (Lipinski definition) is 2. The molecule has 0 bridgehead atoms. The second-order valence-corrected chi connectivity index (χ2v) is 3.90. The monoisotopic (exact) mass is 229 g/mol. The van der Waals surface area contributed by atoms with Gasteiger partial charge in [0, 0.05) is 5.02 Å². The van der Waals surface area contributed by atoms with Crippen LogP contribution in [0.15, 0.2) is 18.2 Å². The van der Waals surface area contributed by atoms with Crippen molar-refractivity contribution < 1.29 is 13.9 Å². The number of halogens is 2. The van der Waals surface area contributed by atoms with E-state index in [-0.39, 0.29) is 6.04 Å². The highest BCUT2D eigenvalue weighted by Crippen LogP contribution is 2.28. The molecule has 1 aliphatic heterocycles. The molecular weight excluding hydrogens is 221 g/mol. The van der Waals surface area contributed by atoms with Gasteiger partial charge in [0.05, 0.1) is 6.04 Å². The molecule has 80 valence electrons. The maximum Gasteiger partial charge on any atom is 0.408 e. The number of nitrogens with one attached hydrogen (secondary N) is 1. The smallest absolute Gasteiger partial charge is 0.408 e. The number of cyclic esters (lactones) is 1. The summed E-state index contributed by atoms with van der Waals surface area (Å²) in [4.78, 5) is 10.9. The van der Waals surface area contributed by atoms with Crippen molar-refractivity contribution in [3.05, 3.63) is 34.6 Å². The van der Waals surface area contributed by atoms with E-state index < -0.39 is 18.0 Å². The van der Waals surface area contributed by atoms with Crippen LogP contribution in [0.25, 0.3) is 0 Å². The molecule has 2 atom stereocenters. The normalized spacial score (nSPS) is 24.9. The topological polar surface area (TPSA) is 38.3 Å². The third kappa shape index (κ3) is 2.04. The highest BCUT2D eigenvalue weighted by Gasteiger charge is 2.32. The van der Waals surface area contributed by atoms with Crippen molar-refractivity contribution >= 4 is 17.7 Å². The zero-order valence-corrected chi connectivity index (χ0v) is 8.72. The lowest BCUT2D eigenvalue weighted by Crippen LogP contribution is -2.23. The SMILES string of the molecule is C[C@@H]1NC(=O)O[C@@H]1c1cc(F)cc(Cl)c1. The van der Waals surface area contributed by atoms with Gasteiger partial charge in [0.25, 0.3) is 0 Å². The Kier molecular flexibility index (Phi) is 2.52. The van der Waals surface area contributed by atoms with Crippen molar-refractivity contribution in [2.75, 3.05) is 0 Å². The number of alkyl carbamates (subject to hydrolysis) is 1. The maximum absolute atomic E-state index is 13.1. The third-order valence-electron chi connectivity index (χ3n) is 2.25. The van der Waals surface area contributed by atoms with Gasteiger partial charge in [-0.25, -0.2) is 9.18 Å². The number of benzene rings is 1. The van der Waals surface area contributed by atoms with E-state index in [1.807, 2.05) is 0 Å². The Hall–Kier alpha value is -1.29. The average Bonchev–Trinajstić information content (AvgIpc) is 2.43. The molecule has 3 nitrogen and oxygen atoms in total. The quantitative estimate of drug-likeness (QED) is 0.804. The van der Waals surface area contributed by atoms with Gasteiger partial charge < -0.3 is 10.1 Å². The predicted octanol–water partition coefficient (Wildman–Crippen LogP) is 2.65. The van der Waals surface area contributed by atoms with E-state index in [0.29, 0.717) is 10.6 Å². The number of hydrogen-bond donors (Lipinski definition) is 1. The lowest BCUT2D eigenvalue weighted by Gasteiger charge is -2.13. The van der Waals surface area contributed by atoms with Gasteiger partial charge in [-0.2, -0.15) is 0 Å². The molecule has 2 rings (SSSR count). The minimum atomic E-state index is -0.493. The molecule has 1 aromatic carbocycles. The fraction of sp³-hybridized carbons (Fsp3) is 0.300. The summed E-state index contributed by atoms with van der Waals surface area (Å²) in [6, 6.07) is 3.93. The van der Waals surface area contributed by atoms with Crippen LogP contribution in [0.3, 0.4) is 0 Å². The van der Waals surface area contributed by atoms with Crippen LogP contribution in [0.4, 0.5) is 9.18 Å². The number of rotatable bonds is 1. The van der Waals surface area contributed by atoms with Crippen molar-refractivity contribution in [3.8, 4) is 0 Å². The molecule has 0 saturated carbocycles. The van der Waals surface area contributed by atoms with Crippen LogP contribution in [0.2, 0.25) is 5.02 Å². The maximum atomic E-state index is 13.1. The van der Waals surface area contributed by atoms with E-state index in [0.717, 1.165) is 0 Å². The van der Waals surface area contributed by atoms with Crippen LogP contribution in [0.5, 0.6) is 0 Å². The van der Waals surface area contributed by atoms with Gasteiger partial charge in [-0.3, -0.25) is 0 Å². The van der Waals surface area contributed by atoms with E-state index in [2.05, 4.69) is 5.32 Å². The standard InChI is InChI=1S/C10H9ClFNO2/c1-5-9(15-10(14)13-5)6-2-7(11)4-8(12)3-6/h2-5,9H,1H3,(H,13,14)/t5-,9-/m0/s1. The molecule has 0 aliphatic carbocycles. The zero-order valence-electron chi connectivity index (χ0n) is 7.96. The molecule has 5 heteroatoms. The molecule has 1 aromatic rings. The van der Waals surface area contributed by atoms with Crippen LogP contribution in [0.1, 0.15) is 18.6 Å². The summed E-state index contributed by atoms with van der Waals surface area (Å²) in [5, 5.41) is 2.87. The van der Waals surface area contributed by atoms with E-state index in [1.165, 1.54) is 12.1 Å². The van der Waals surface area contributed by atoms with E-state index >= 15 is 0 Å². The summed E-state index contributed by atoms with van der Waals surface area (Å²) in [7, 11) is 0. The van der Waals surface area contributed by atoms with Crippen LogP contribution < -0.4 is 5.32 Å². The minimum absolute atomic E-state index is 0.185. The molecule has 1 saturated heterocycles. The Balaban J connectivity index is 2.33. The summed E-state index contributed by atoms with van der Waals surface area (Å²) in [6.07, 6.45) is -0.974. The van der Waals surface area contributed by atoms with Gasteiger partial charge in [0.2, 0.25) is 0 Å². The first-order valence-corrected chi connectivity index (χ1v) is 4.87. The van der Waals surface area contributed by atoms with Crippen molar-refractivity contribution in [2.45, 2.75) is 19.1 Å². The molecule has 1 aliphatic rings. The van der Waals surface area contributed by atoms with Crippen molar-refractivity contribution in [2.24, 2.45) is 0 Å². The fourth-order valence-electron chi connectivity index (χ4n) is 1.61. The first-order valence-electron chi connectivity index (χ1n) is 4.49. The second kappa shape index (κ2) is 3.70. The molecular formula is C10H9ClFNO2. The molecule has 0 aromatic heterocycles. The largest absolute Gasteiger partial charge is 0.439 e. The number of carbonyl (C=O) groups is 1. The first kappa shape index (κ1) is 10.2. The predicted molar refractivity (Wildman–Crippen MR) is 53.2 cm³/mol.